The normalized spacial score (nSPS) is 13.5. The highest BCUT2D eigenvalue weighted by Gasteiger charge is 2.27. The second-order valence-corrected chi connectivity index (χ2v) is 5.58. The summed E-state index contributed by atoms with van der Waals surface area (Å²) in [5, 5.41) is 8.92. The van der Waals surface area contributed by atoms with Gasteiger partial charge in [-0.1, -0.05) is 18.2 Å². The van der Waals surface area contributed by atoms with Gasteiger partial charge in [0.15, 0.2) is 0 Å². The van der Waals surface area contributed by atoms with Crippen LogP contribution in [0.4, 0.5) is 5.69 Å². The lowest BCUT2D eigenvalue weighted by Crippen LogP contribution is -2.18. The van der Waals surface area contributed by atoms with E-state index < -0.39 is 0 Å². The van der Waals surface area contributed by atoms with E-state index in [1.165, 1.54) is 12.3 Å². The van der Waals surface area contributed by atoms with E-state index in [0.717, 1.165) is 11.8 Å². The lowest BCUT2D eigenvalue weighted by atomic mass is 10.0. The van der Waals surface area contributed by atoms with Crippen LogP contribution in [0.1, 0.15) is 20.8 Å². The second-order valence-electron chi connectivity index (χ2n) is 4.56. The van der Waals surface area contributed by atoms with Crippen molar-refractivity contribution in [1.82, 2.24) is 10.2 Å². The SMILES string of the molecule is O=C(CSC1=CC(=O)c2[nH]ncc2C1=O)Nc1ccccc1. The molecule has 1 aromatic carbocycles. The van der Waals surface area contributed by atoms with E-state index in [2.05, 4.69) is 15.5 Å². The maximum absolute atomic E-state index is 12.2. The highest BCUT2D eigenvalue weighted by molar-refractivity contribution is 8.04. The van der Waals surface area contributed by atoms with Gasteiger partial charge in [-0.05, 0) is 12.1 Å². The Kier molecular flexibility index (Phi) is 3.88. The molecule has 0 aliphatic heterocycles. The van der Waals surface area contributed by atoms with Crippen LogP contribution in [0.2, 0.25) is 0 Å². The molecule has 0 spiro atoms. The van der Waals surface area contributed by atoms with Gasteiger partial charge in [0.2, 0.25) is 17.5 Å². The summed E-state index contributed by atoms with van der Waals surface area (Å²) in [6.45, 7) is 0. The number of hydrogen-bond donors (Lipinski definition) is 2. The molecule has 0 fully saturated rings. The van der Waals surface area contributed by atoms with Crippen molar-refractivity contribution in [2.45, 2.75) is 0 Å². The van der Waals surface area contributed by atoms with Crippen molar-refractivity contribution in [2.24, 2.45) is 0 Å². The third-order valence-corrected chi connectivity index (χ3v) is 4.05. The standard InChI is InChI=1S/C15H11N3O3S/c19-11-6-12(15(21)10-7-16-18-14(10)11)22-8-13(20)17-9-4-2-1-3-5-9/h1-7H,8H2,(H,16,18)(H,17,20). The predicted octanol–water partition coefficient (Wildman–Crippen LogP) is 2.04. The maximum Gasteiger partial charge on any atom is 0.234 e. The fraction of sp³-hybridized carbons (Fsp3) is 0.0667. The van der Waals surface area contributed by atoms with Gasteiger partial charge in [0.1, 0.15) is 5.69 Å². The number of amides is 1. The zero-order valence-corrected chi connectivity index (χ0v) is 12.1. The molecule has 0 saturated heterocycles. The van der Waals surface area contributed by atoms with Gasteiger partial charge < -0.3 is 5.32 Å². The van der Waals surface area contributed by atoms with Gasteiger partial charge in [-0.15, -0.1) is 11.8 Å². The largest absolute Gasteiger partial charge is 0.325 e. The molecule has 22 heavy (non-hydrogen) atoms. The molecule has 1 aliphatic rings. The fourth-order valence-electron chi connectivity index (χ4n) is 2.00. The number of carbonyl (C=O) groups excluding carboxylic acids is 3. The molecule has 7 heteroatoms. The van der Waals surface area contributed by atoms with Crippen molar-refractivity contribution >= 4 is 34.9 Å². The first-order valence-electron chi connectivity index (χ1n) is 6.47. The molecule has 2 aromatic rings. The van der Waals surface area contributed by atoms with E-state index >= 15 is 0 Å². The topological polar surface area (TPSA) is 91.9 Å². The number of benzene rings is 1. The molecular weight excluding hydrogens is 302 g/mol. The molecule has 1 aliphatic carbocycles. The van der Waals surface area contributed by atoms with Crippen molar-refractivity contribution in [3.05, 3.63) is 58.8 Å². The Bertz CT molecular complexity index is 780. The van der Waals surface area contributed by atoms with Crippen LogP contribution in [0.5, 0.6) is 0 Å². The van der Waals surface area contributed by atoms with E-state index in [1.807, 2.05) is 18.2 Å². The van der Waals surface area contributed by atoms with Crippen LogP contribution in [-0.2, 0) is 4.79 Å². The lowest BCUT2D eigenvalue weighted by Gasteiger charge is -2.10. The highest BCUT2D eigenvalue weighted by Crippen LogP contribution is 2.27. The van der Waals surface area contributed by atoms with Gasteiger partial charge in [-0.25, -0.2) is 0 Å². The minimum absolute atomic E-state index is 0.0485. The average Bonchev–Trinajstić information content (AvgIpc) is 3.01. The van der Waals surface area contributed by atoms with Crippen LogP contribution in [-0.4, -0.2) is 33.4 Å². The van der Waals surface area contributed by atoms with Crippen LogP contribution < -0.4 is 5.32 Å². The number of anilines is 1. The summed E-state index contributed by atoms with van der Waals surface area (Å²) in [6.07, 6.45) is 2.57. The van der Waals surface area contributed by atoms with Gasteiger partial charge in [0.05, 0.1) is 22.4 Å². The summed E-state index contributed by atoms with van der Waals surface area (Å²) < 4.78 is 0. The lowest BCUT2D eigenvalue weighted by molar-refractivity contribution is -0.113. The Morgan fingerprint density at radius 3 is 2.77 bits per heavy atom. The number of carbonyl (C=O) groups is 3. The quantitative estimate of drug-likeness (QED) is 0.901. The van der Waals surface area contributed by atoms with Crippen LogP contribution in [0.25, 0.3) is 0 Å². The summed E-state index contributed by atoms with van der Waals surface area (Å²) >= 11 is 1.04. The Morgan fingerprint density at radius 2 is 2.00 bits per heavy atom. The number of aromatic nitrogens is 2. The second kappa shape index (κ2) is 5.98. The monoisotopic (exact) mass is 313 g/mol. The molecule has 110 valence electrons. The number of para-hydroxylation sites is 1. The zero-order valence-electron chi connectivity index (χ0n) is 11.3. The predicted molar refractivity (Wildman–Crippen MR) is 82.9 cm³/mol. The molecule has 0 saturated carbocycles. The number of thioether (sulfide) groups is 1. The number of ketones is 2. The Labute approximate surface area is 130 Å². The minimum atomic E-state index is -0.307. The number of allylic oxidation sites excluding steroid dienone is 2. The third kappa shape index (κ3) is 2.84. The maximum atomic E-state index is 12.2. The number of nitrogens with one attached hydrogen (secondary N) is 2. The molecule has 0 radical (unpaired) electrons. The molecule has 0 unspecified atom stereocenters. The number of hydrogen-bond acceptors (Lipinski definition) is 5. The van der Waals surface area contributed by atoms with Gasteiger partial charge in [0, 0.05) is 11.8 Å². The summed E-state index contributed by atoms with van der Waals surface area (Å²) in [5.41, 5.74) is 1.13. The first-order valence-corrected chi connectivity index (χ1v) is 7.45. The Balaban J connectivity index is 1.63. The van der Waals surface area contributed by atoms with Crippen molar-refractivity contribution in [3.63, 3.8) is 0 Å². The van der Waals surface area contributed by atoms with Crippen molar-refractivity contribution < 1.29 is 14.4 Å². The average molecular weight is 313 g/mol. The minimum Gasteiger partial charge on any atom is -0.325 e. The van der Waals surface area contributed by atoms with E-state index in [4.69, 9.17) is 0 Å². The van der Waals surface area contributed by atoms with Gasteiger partial charge >= 0.3 is 0 Å². The van der Waals surface area contributed by atoms with Gasteiger partial charge in [-0.3, -0.25) is 19.5 Å². The smallest absolute Gasteiger partial charge is 0.234 e. The summed E-state index contributed by atoms with van der Waals surface area (Å²) in [4.78, 5) is 36.1. The number of Topliss-reactive ketones (excluding diaryl/α,β-unsaturated/α-hetero) is 1. The number of nitrogens with zero attached hydrogens (tertiary/aromatic N) is 1. The number of H-pyrrole nitrogens is 1. The van der Waals surface area contributed by atoms with Crippen LogP contribution in [0, 0.1) is 0 Å². The van der Waals surface area contributed by atoms with E-state index in [-0.39, 0.29) is 39.4 Å². The van der Waals surface area contributed by atoms with Crippen molar-refractivity contribution in [2.75, 3.05) is 11.1 Å². The van der Waals surface area contributed by atoms with Crippen LogP contribution >= 0.6 is 11.8 Å². The zero-order chi connectivity index (χ0) is 15.5. The van der Waals surface area contributed by atoms with Gasteiger partial charge in [0.25, 0.3) is 0 Å². The summed E-state index contributed by atoms with van der Waals surface area (Å²) in [6, 6.07) is 9.03. The molecule has 1 aromatic heterocycles. The molecule has 0 atom stereocenters. The Morgan fingerprint density at radius 1 is 1.23 bits per heavy atom. The Hall–Kier alpha value is -2.67. The molecular formula is C15H11N3O3S. The first kappa shape index (κ1) is 14.3. The van der Waals surface area contributed by atoms with Crippen molar-refractivity contribution in [3.8, 4) is 0 Å². The van der Waals surface area contributed by atoms with E-state index in [1.54, 1.807) is 12.1 Å². The molecule has 0 bridgehead atoms. The fourth-order valence-corrected chi connectivity index (χ4v) is 2.79. The van der Waals surface area contributed by atoms with Crippen LogP contribution in [0.15, 0.2) is 47.5 Å². The van der Waals surface area contributed by atoms with E-state index in [9.17, 15) is 14.4 Å². The number of aromatic amines is 1. The van der Waals surface area contributed by atoms with Crippen LogP contribution in [0.3, 0.4) is 0 Å². The van der Waals surface area contributed by atoms with Crippen molar-refractivity contribution in [1.29, 1.82) is 0 Å². The molecule has 2 N–H and O–H groups in total. The van der Waals surface area contributed by atoms with Gasteiger partial charge in [-0.2, -0.15) is 5.10 Å². The summed E-state index contributed by atoms with van der Waals surface area (Å²) in [5.74, 6) is -0.790. The summed E-state index contributed by atoms with van der Waals surface area (Å²) in [7, 11) is 0. The molecule has 6 nitrogen and oxygen atoms in total. The molecule has 3 rings (SSSR count). The molecule has 1 amide bonds. The number of fused-ring (bicyclic) bond motifs is 1. The highest BCUT2D eigenvalue weighted by atomic mass is 32.2. The number of rotatable bonds is 4. The molecule has 1 heterocycles. The third-order valence-electron chi connectivity index (χ3n) is 3.03. The first-order chi connectivity index (χ1) is 10.6. The van der Waals surface area contributed by atoms with E-state index in [0.29, 0.717) is 5.69 Å².